The van der Waals surface area contributed by atoms with E-state index in [4.69, 9.17) is 21.4 Å². The highest BCUT2D eigenvalue weighted by Crippen LogP contribution is 2.31. The van der Waals surface area contributed by atoms with Gasteiger partial charge in [0.1, 0.15) is 18.1 Å². The average molecular weight is 437 g/mol. The van der Waals surface area contributed by atoms with Crippen LogP contribution < -0.4 is 10.2 Å². The van der Waals surface area contributed by atoms with Gasteiger partial charge in [-0.1, -0.05) is 42.1 Å². The second-order valence-electron chi connectivity index (χ2n) is 6.27. The van der Waals surface area contributed by atoms with Gasteiger partial charge in [-0.25, -0.2) is 0 Å². The highest BCUT2D eigenvalue weighted by Gasteiger charge is 2.34. The Morgan fingerprint density at radius 1 is 1.10 bits per heavy atom. The molecular formula is C22H16N2O4S2. The van der Waals surface area contributed by atoms with Gasteiger partial charge in [0, 0.05) is 11.6 Å². The van der Waals surface area contributed by atoms with Crippen LogP contribution in [-0.4, -0.2) is 21.1 Å². The second-order valence-corrected chi connectivity index (χ2v) is 7.95. The maximum Gasteiger partial charge on any atom is 0.285 e. The Hall–Kier alpha value is -3.36. The van der Waals surface area contributed by atoms with Gasteiger partial charge in [0.25, 0.3) is 11.8 Å². The van der Waals surface area contributed by atoms with Crippen LogP contribution in [0.4, 0.5) is 0 Å². The van der Waals surface area contributed by atoms with Gasteiger partial charge in [0.05, 0.1) is 11.2 Å². The smallest absolute Gasteiger partial charge is 0.285 e. The topological polar surface area (TPSA) is 71.8 Å². The van der Waals surface area contributed by atoms with Gasteiger partial charge in [-0.15, -0.1) is 0 Å². The zero-order valence-electron chi connectivity index (χ0n) is 15.6. The van der Waals surface area contributed by atoms with Crippen LogP contribution in [-0.2, 0) is 11.4 Å². The van der Waals surface area contributed by atoms with Crippen molar-refractivity contribution in [1.29, 1.82) is 0 Å². The molecule has 1 saturated heterocycles. The molecule has 0 saturated carbocycles. The maximum absolute atomic E-state index is 12.6. The zero-order chi connectivity index (χ0) is 20.9. The second kappa shape index (κ2) is 8.98. The number of thiocarbonyl (C=S) groups is 1. The summed E-state index contributed by atoms with van der Waals surface area (Å²) in [5.41, 5.74) is 3.98. The third-order valence-corrected chi connectivity index (χ3v) is 5.49. The van der Waals surface area contributed by atoms with Gasteiger partial charge in [0.2, 0.25) is 0 Å². The number of hydrazine groups is 1. The van der Waals surface area contributed by atoms with Crippen molar-refractivity contribution in [3.63, 3.8) is 0 Å². The molecule has 8 heteroatoms. The SMILES string of the molecule is O=C(NN1C(=O)/C(=C\c2ccco2)SC1=S)c1ccc(OCc2ccccc2)cc1. The summed E-state index contributed by atoms with van der Waals surface area (Å²) in [5, 5.41) is 1.07. The molecule has 30 heavy (non-hydrogen) atoms. The van der Waals surface area contributed by atoms with Gasteiger partial charge in [-0.3, -0.25) is 15.0 Å². The van der Waals surface area contributed by atoms with E-state index in [1.165, 1.54) is 6.26 Å². The summed E-state index contributed by atoms with van der Waals surface area (Å²) in [6, 6.07) is 19.9. The molecule has 6 nitrogen and oxygen atoms in total. The number of carbonyl (C=O) groups is 2. The minimum Gasteiger partial charge on any atom is -0.489 e. The molecular weight excluding hydrogens is 420 g/mol. The minimum atomic E-state index is -0.444. The van der Waals surface area contributed by atoms with Crippen molar-refractivity contribution in [2.45, 2.75) is 6.61 Å². The first kappa shape index (κ1) is 19.9. The number of ether oxygens (including phenoxy) is 1. The summed E-state index contributed by atoms with van der Waals surface area (Å²) >= 11 is 6.32. The number of furan rings is 1. The van der Waals surface area contributed by atoms with E-state index in [2.05, 4.69) is 5.43 Å². The molecule has 0 atom stereocenters. The predicted octanol–water partition coefficient (Wildman–Crippen LogP) is 4.40. The molecule has 1 fully saturated rings. The largest absolute Gasteiger partial charge is 0.489 e. The molecule has 0 aliphatic carbocycles. The number of carbonyl (C=O) groups excluding carboxylic acids is 2. The molecule has 1 aliphatic heterocycles. The van der Waals surface area contributed by atoms with Crippen molar-refractivity contribution in [3.05, 3.63) is 94.8 Å². The summed E-state index contributed by atoms with van der Waals surface area (Å²) in [6.07, 6.45) is 3.10. The van der Waals surface area contributed by atoms with Crippen LogP contribution in [0.2, 0.25) is 0 Å². The highest BCUT2D eigenvalue weighted by molar-refractivity contribution is 8.26. The predicted molar refractivity (Wildman–Crippen MR) is 118 cm³/mol. The fourth-order valence-electron chi connectivity index (χ4n) is 2.68. The monoisotopic (exact) mass is 436 g/mol. The van der Waals surface area contributed by atoms with E-state index in [1.54, 1.807) is 42.5 Å². The highest BCUT2D eigenvalue weighted by atomic mass is 32.2. The van der Waals surface area contributed by atoms with E-state index in [0.717, 1.165) is 22.3 Å². The van der Waals surface area contributed by atoms with Gasteiger partial charge in [-0.05, 0) is 54.2 Å². The number of nitrogens with zero attached hydrogens (tertiary/aromatic N) is 1. The standard InChI is InChI=1S/C22H16N2O4S2/c25-20(16-8-10-17(11-9-16)28-14-15-5-2-1-3-6-15)23-24-21(26)19(30-22(24)29)13-18-7-4-12-27-18/h1-13H,14H2,(H,23,25)/b19-13+. The van der Waals surface area contributed by atoms with Crippen molar-refractivity contribution in [1.82, 2.24) is 10.4 Å². The lowest BCUT2D eigenvalue weighted by atomic mass is 10.2. The lowest BCUT2D eigenvalue weighted by Crippen LogP contribution is -2.44. The van der Waals surface area contributed by atoms with Gasteiger partial charge < -0.3 is 9.15 Å². The summed E-state index contributed by atoms with van der Waals surface area (Å²) in [5.74, 6) is 0.327. The normalized spacial score (nSPS) is 14.9. The number of benzene rings is 2. The summed E-state index contributed by atoms with van der Waals surface area (Å²) in [4.78, 5) is 25.5. The molecule has 2 heterocycles. The van der Waals surface area contributed by atoms with E-state index >= 15 is 0 Å². The summed E-state index contributed by atoms with van der Waals surface area (Å²) in [6.45, 7) is 0.435. The Morgan fingerprint density at radius 3 is 2.57 bits per heavy atom. The van der Waals surface area contributed by atoms with Crippen molar-refractivity contribution < 1.29 is 18.7 Å². The molecule has 2 aromatic carbocycles. The third-order valence-electron chi connectivity index (χ3n) is 4.19. The number of hydrogen-bond acceptors (Lipinski definition) is 6. The van der Waals surface area contributed by atoms with Gasteiger partial charge in [-0.2, -0.15) is 5.01 Å². The van der Waals surface area contributed by atoms with Crippen molar-refractivity contribution in [3.8, 4) is 5.75 Å². The molecule has 0 radical (unpaired) electrons. The number of thioether (sulfide) groups is 1. The molecule has 1 aliphatic rings. The fraction of sp³-hybridized carbons (Fsp3) is 0.0455. The first-order valence-corrected chi connectivity index (χ1v) is 10.2. The molecule has 0 spiro atoms. The number of amides is 2. The minimum absolute atomic E-state index is 0.244. The number of hydrogen-bond donors (Lipinski definition) is 1. The molecule has 3 aromatic rings. The molecule has 0 unspecified atom stereocenters. The van der Waals surface area contributed by atoms with Crippen LogP contribution in [0, 0.1) is 0 Å². The number of rotatable bonds is 6. The van der Waals surface area contributed by atoms with Crippen LogP contribution in [0.25, 0.3) is 6.08 Å². The molecule has 0 bridgehead atoms. The van der Waals surface area contributed by atoms with Crippen molar-refractivity contribution in [2.24, 2.45) is 0 Å². The molecule has 2 amide bonds. The zero-order valence-corrected chi connectivity index (χ0v) is 17.2. The lowest BCUT2D eigenvalue weighted by Gasteiger charge is -2.15. The lowest BCUT2D eigenvalue weighted by molar-refractivity contribution is -0.123. The molecule has 1 N–H and O–H groups in total. The Balaban J connectivity index is 1.37. The Labute approximate surface area is 182 Å². The van der Waals surface area contributed by atoms with E-state index in [1.807, 2.05) is 30.3 Å². The quantitative estimate of drug-likeness (QED) is 0.456. The van der Waals surface area contributed by atoms with Crippen LogP contribution in [0.3, 0.4) is 0 Å². The van der Waals surface area contributed by atoms with E-state index in [9.17, 15) is 9.59 Å². The van der Waals surface area contributed by atoms with E-state index < -0.39 is 11.8 Å². The molecule has 4 rings (SSSR count). The third kappa shape index (κ3) is 4.61. The van der Waals surface area contributed by atoms with Crippen LogP contribution in [0.1, 0.15) is 21.7 Å². The average Bonchev–Trinajstić information content (AvgIpc) is 3.37. The fourth-order valence-corrected chi connectivity index (χ4v) is 3.84. The van der Waals surface area contributed by atoms with E-state index in [0.29, 0.717) is 28.6 Å². The Kier molecular flexibility index (Phi) is 5.97. The first-order valence-electron chi connectivity index (χ1n) is 8.99. The maximum atomic E-state index is 12.6. The Bertz CT molecular complexity index is 1090. The molecule has 150 valence electrons. The molecule has 1 aromatic heterocycles. The van der Waals surface area contributed by atoms with Gasteiger partial charge >= 0.3 is 0 Å². The van der Waals surface area contributed by atoms with Crippen LogP contribution in [0.5, 0.6) is 5.75 Å². The van der Waals surface area contributed by atoms with Crippen LogP contribution >= 0.6 is 24.0 Å². The first-order chi connectivity index (χ1) is 14.6. The van der Waals surface area contributed by atoms with Crippen molar-refractivity contribution in [2.75, 3.05) is 0 Å². The van der Waals surface area contributed by atoms with Gasteiger partial charge in [0.15, 0.2) is 4.32 Å². The summed E-state index contributed by atoms with van der Waals surface area (Å²) < 4.78 is 11.2. The Morgan fingerprint density at radius 2 is 1.87 bits per heavy atom. The van der Waals surface area contributed by atoms with Crippen LogP contribution in [0.15, 0.2) is 82.3 Å². The van der Waals surface area contributed by atoms with E-state index in [-0.39, 0.29) is 4.32 Å². The van der Waals surface area contributed by atoms with Crippen molar-refractivity contribution >= 4 is 46.2 Å². The summed E-state index contributed by atoms with van der Waals surface area (Å²) in [7, 11) is 0. The number of nitrogens with one attached hydrogen (secondary N) is 1.